The van der Waals surface area contributed by atoms with E-state index >= 15 is 0 Å². The third-order valence-electron chi connectivity index (χ3n) is 7.53. The Morgan fingerprint density at radius 2 is 1.37 bits per heavy atom. The zero-order valence-corrected chi connectivity index (χ0v) is 29.4. The Balaban J connectivity index is 1.29. The SMILES string of the molecule is NC(=O)C1(N(CCC(=O)NCCOCCOCCOCCNC(=O)CSCCCF)Sc2ccc(Oc3ccc(F)cc3)cc2)CCCC1. The number of carbonyl (C=O) groups is 3. The molecule has 1 aliphatic rings. The molecule has 49 heavy (non-hydrogen) atoms. The van der Waals surface area contributed by atoms with Gasteiger partial charge in [0.1, 0.15) is 22.9 Å². The molecule has 0 radical (unpaired) electrons. The predicted molar refractivity (Wildman–Crippen MR) is 187 cm³/mol. The van der Waals surface area contributed by atoms with Crippen molar-refractivity contribution < 1.29 is 42.1 Å². The summed E-state index contributed by atoms with van der Waals surface area (Å²) in [5.74, 6) is 1.08. The predicted octanol–water partition coefficient (Wildman–Crippen LogP) is 4.49. The van der Waals surface area contributed by atoms with Gasteiger partial charge in [-0.15, -0.1) is 0 Å². The monoisotopic (exact) mass is 726 g/mol. The lowest BCUT2D eigenvalue weighted by Gasteiger charge is -2.37. The smallest absolute Gasteiger partial charge is 0.238 e. The van der Waals surface area contributed by atoms with Crippen molar-refractivity contribution in [2.24, 2.45) is 5.73 Å². The Hall–Kier alpha value is -2.95. The molecule has 2 aromatic carbocycles. The lowest BCUT2D eigenvalue weighted by Crippen LogP contribution is -2.53. The maximum Gasteiger partial charge on any atom is 0.238 e. The summed E-state index contributed by atoms with van der Waals surface area (Å²) in [5.41, 5.74) is 5.09. The van der Waals surface area contributed by atoms with Crippen LogP contribution in [0.2, 0.25) is 0 Å². The molecule has 0 unspecified atom stereocenters. The van der Waals surface area contributed by atoms with Crippen molar-refractivity contribution in [3.8, 4) is 11.5 Å². The number of hydrogen-bond donors (Lipinski definition) is 3. The normalized spacial score (nSPS) is 13.8. The van der Waals surface area contributed by atoms with Crippen LogP contribution in [-0.4, -0.2) is 105 Å². The largest absolute Gasteiger partial charge is 0.457 e. The molecular formula is C34H48F2N4O7S2. The van der Waals surface area contributed by atoms with Crippen LogP contribution in [0.25, 0.3) is 0 Å². The van der Waals surface area contributed by atoms with Gasteiger partial charge in [-0.05, 0) is 85.5 Å². The first-order valence-electron chi connectivity index (χ1n) is 16.5. The van der Waals surface area contributed by atoms with E-state index in [1.165, 1.54) is 35.8 Å². The molecule has 0 bridgehead atoms. The van der Waals surface area contributed by atoms with Gasteiger partial charge < -0.3 is 35.3 Å². The number of thioether (sulfide) groups is 1. The van der Waals surface area contributed by atoms with Gasteiger partial charge in [-0.1, -0.05) is 12.8 Å². The number of amides is 3. The van der Waals surface area contributed by atoms with E-state index in [4.69, 9.17) is 24.7 Å². The van der Waals surface area contributed by atoms with Crippen LogP contribution in [0.15, 0.2) is 53.4 Å². The molecule has 0 aromatic heterocycles. The van der Waals surface area contributed by atoms with Crippen LogP contribution in [0, 0.1) is 5.82 Å². The fraction of sp³-hybridized carbons (Fsp3) is 0.559. The molecule has 4 N–H and O–H groups in total. The van der Waals surface area contributed by atoms with E-state index in [9.17, 15) is 23.2 Å². The number of benzene rings is 2. The zero-order valence-electron chi connectivity index (χ0n) is 27.8. The van der Waals surface area contributed by atoms with Crippen LogP contribution in [0.4, 0.5) is 8.78 Å². The minimum atomic E-state index is -0.838. The summed E-state index contributed by atoms with van der Waals surface area (Å²) in [6.45, 7) is 2.94. The molecule has 1 aliphatic carbocycles. The summed E-state index contributed by atoms with van der Waals surface area (Å²) in [6, 6.07) is 13.1. The third-order valence-corrected chi connectivity index (χ3v) is 9.81. The van der Waals surface area contributed by atoms with E-state index in [1.807, 2.05) is 16.4 Å². The van der Waals surface area contributed by atoms with Gasteiger partial charge in [0.15, 0.2) is 0 Å². The zero-order chi connectivity index (χ0) is 35.2. The average Bonchev–Trinajstić information content (AvgIpc) is 3.60. The summed E-state index contributed by atoms with van der Waals surface area (Å²) < 4.78 is 49.4. The fourth-order valence-corrected chi connectivity index (χ4v) is 6.88. The molecule has 0 atom stereocenters. The number of rotatable bonds is 26. The molecule has 11 nitrogen and oxygen atoms in total. The number of halogens is 2. The number of nitrogens with one attached hydrogen (secondary N) is 2. The van der Waals surface area contributed by atoms with E-state index in [0.29, 0.717) is 102 Å². The first kappa shape index (κ1) is 40.5. The quantitative estimate of drug-likeness (QED) is 0.0939. The molecule has 3 amide bonds. The lowest BCUT2D eigenvalue weighted by atomic mass is 9.96. The maximum atomic E-state index is 13.2. The molecule has 3 rings (SSSR count). The number of alkyl halides is 1. The van der Waals surface area contributed by atoms with Crippen molar-refractivity contribution in [1.82, 2.24) is 14.9 Å². The second-order valence-corrected chi connectivity index (χ2v) is 13.4. The van der Waals surface area contributed by atoms with Gasteiger partial charge in [0, 0.05) is 31.0 Å². The van der Waals surface area contributed by atoms with Gasteiger partial charge in [-0.25, -0.2) is 8.70 Å². The fourth-order valence-electron chi connectivity index (χ4n) is 4.99. The molecule has 0 aliphatic heterocycles. The van der Waals surface area contributed by atoms with Gasteiger partial charge in [0.2, 0.25) is 17.7 Å². The Labute approximate surface area is 295 Å². The first-order valence-corrected chi connectivity index (χ1v) is 18.4. The third kappa shape index (κ3) is 15.6. The highest BCUT2D eigenvalue weighted by Gasteiger charge is 2.45. The molecular weight excluding hydrogens is 679 g/mol. The highest BCUT2D eigenvalue weighted by molar-refractivity contribution is 7.99. The minimum Gasteiger partial charge on any atom is -0.457 e. The molecule has 0 saturated heterocycles. The summed E-state index contributed by atoms with van der Waals surface area (Å²) >= 11 is 2.81. The van der Waals surface area contributed by atoms with Crippen molar-refractivity contribution in [2.75, 3.05) is 77.5 Å². The molecule has 0 heterocycles. The van der Waals surface area contributed by atoms with E-state index in [2.05, 4.69) is 10.6 Å². The highest BCUT2D eigenvalue weighted by Crippen LogP contribution is 2.41. The Morgan fingerprint density at radius 1 is 0.816 bits per heavy atom. The topological polar surface area (TPSA) is 141 Å². The van der Waals surface area contributed by atoms with Crippen molar-refractivity contribution >= 4 is 41.4 Å². The van der Waals surface area contributed by atoms with Crippen molar-refractivity contribution in [2.45, 2.75) is 49.0 Å². The van der Waals surface area contributed by atoms with Gasteiger partial charge in [0.25, 0.3) is 0 Å². The van der Waals surface area contributed by atoms with Crippen molar-refractivity contribution in [3.63, 3.8) is 0 Å². The second kappa shape index (κ2) is 23.5. The van der Waals surface area contributed by atoms with Gasteiger partial charge in [-0.3, -0.25) is 18.8 Å². The Kier molecular flexibility index (Phi) is 19.4. The molecule has 1 fully saturated rings. The molecule has 0 spiro atoms. The van der Waals surface area contributed by atoms with Crippen LogP contribution < -0.4 is 21.1 Å². The number of hydrogen-bond acceptors (Lipinski definition) is 10. The summed E-state index contributed by atoms with van der Waals surface area (Å²) in [5, 5.41) is 5.61. The Morgan fingerprint density at radius 3 is 1.94 bits per heavy atom. The van der Waals surface area contributed by atoms with E-state index in [0.717, 1.165) is 17.7 Å². The average molecular weight is 727 g/mol. The molecule has 272 valence electrons. The van der Waals surface area contributed by atoms with E-state index in [-0.39, 0.29) is 30.7 Å². The number of ether oxygens (including phenoxy) is 4. The van der Waals surface area contributed by atoms with Crippen molar-refractivity contribution in [1.29, 1.82) is 0 Å². The van der Waals surface area contributed by atoms with Crippen LogP contribution in [0.3, 0.4) is 0 Å². The standard InChI is InChI=1S/C34H48F2N4O7S2/c35-15-3-25-48-26-32(42)39-17-20-45-22-24-46-23-21-44-19-16-38-31(41)12-18-40(34(33(37)43)13-1-2-14-34)49-30-10-8-29(9-11-30)47-28-6-4-27(36)5-7-28/h4-11H,1-3,12-26H2,(H2,37,43)(H,38,41)(H,39,42). The number of primary amides is 1. The van der Waals surface area contributed by atoms with Gasteiger partial charge in [-0.2, -0.15) is 11.8 Å². The summed E-state index contributed by atoms with van der Waals surface area (Å²) in [4.78, 5) is 37.9. The summed E-state index contributed by atoms with van der Waals surface area (Å²) in [7, 11) is 0. The summed E-state index contributed by atoms with van der Waals surface area (Å²) in [6.07, 6.45) is 3.67. The molecule has 15 heteroatoms. The van der Waals surface area contributed by atoms with Crippen LogP contribution in [-0.2, 0) is 28.6 Å². The van der Waals surface area contributed by atoms with Crippen molar-refractivity contribution in [3.05, 3.63) is 54.3 Å². The van der Waals surface area contributed by atoms with Crippen LogP contribution >= 0.6 is 23.7 Å². The first-order chi connectivity index (χ1) is 23.8. The Bertz CT molecular complexity index is 1260. The molecule has 2 aromatic rings. The number of nitrogens with two attached hydrogens (primary N) is 1. The highest BCUT2D eigenvalue weighted by atomic mass is 32.2. The lowest BCUT2D eigenvalue weighted by molar-refractivity contribution is -0.128. The number of carbonyl (C=O) groups excluding carboxylic acids is 3. The minimum absolute atomic E-state index is 0.0892. The maximum absolute atomic E-state index is 13.2. The van der Waals surface area contributed by atoms with Gasteiger partial charge >= 0.3 is 0 Å². The van der Waals surface area contributed by atoms with E-state index in [1.54, 1.807) is 24.3 Å². The van der Waals surface area contributed by atoms with Crippen LogP contribution in [0.5, 0.6) is 11.5 Å². The molecule has 1 saturated carbocycles. The second-order valence-electron chi connectivity index (χ2n) is 11.2. The van der Waals surface area contributed by atoms with Gasteiger partial charge in [0.05, 0.1) is 52.1 Å². The van der Waals surface area contributed by atoms with E-state index < -0.39 is 11.4 Å². The number of nitrogens with zero attached hydrogens (tertiary/aromatic N) is 1. The van der Waals surface area contributed by atoms with Crippen LogP contribution in [0.1, 0.15) is 38.5 Å².